The topological polar surface area (TPSA) is 87.3 Å². The molecule has 8 heteroatoms. The first-order valence-electron chi connectivity index (χ1n) is 13.0. The van der Waals surface area contributed by atoms with E-state index in [0.717, 1.165) is 21.7 Å². The fourth-order valence-electron chi connectivity index (χ4n) is 3.93. The van der Waals surface area contributed by atoms with Crippen molar-refractivity contribution in [3.63, 3.8) is 0 Å². The summed E-state index contributed by atoms with van der Waals surface area (Å²) in [5, 5.41) is 8.71. The van der Waals surface area contributed by atoms with Crippen LogP contribution in [0, 0.1) is 13.8 Å². The number of anilines is 2. The average Bonchev–Trinajstić information content (AvgIpc) is 2.95. The standard InChI is InChI=1S/C33H30ClN3O3S/c1-21-10-7-17-29(22(21)2)36-31(38)23(3)41-28-16-9-15-27(20-28)35-33(40)30(19-24-11-8-14-26(34)18-24)37-32(39)25-12-5-4-6-13-25/h4-20,23H,1-3H3,(H,35,40)(H,36,38)(H,37,39)/b30-19-. The first kappa shape index (κ1) is 29.6. The minimum Gasteiger partial charge on any atom is -0.325 e. The highest BCUT2D eigenvalue weighted by atomic mass is 35.5. The monoisotopic (exact) mass is 583 g/mol. The number of amides is 3. The minimum atomic E-state index is -0.503. The summed E-state index contributed by atoms with van der Waals surface area (Å²) in [6.45, 7) is 5.82. The summed E-state index contributed by atoms with van der Waals surface area (Å²) in [6, 6.07) is 28.7. The fraction of sp³-hybridized carbons (Fsp3) is 0.121. The number of hydrogen-bond acceptors (Lipinski definition) is 4. The maximum atomic E-state index is 13.4. The summed E-state index contributed by atoms with van der Waals surface area (Å²) in [5.74, 6) is -1.03. The number of hydrogen-bond donors (Lipinski definition) is 3. The molecule has 0 fully saturated rings. The van der Waals surface area contributed by atoms with Gasteiger partial charge in [0, 0.05) is 26.9 Å². The Morgan fingerprint density at radius 3 is 2.32 bits per heavy atom. The lowest BCUT2D eigenvalue weighted by Crippen LogP contribution is -2.30. The molecule has 0 saturated carbocycles. The second-order valence-corrected chi connectivity index (χ2v) is 11.3. The lowest BCUT2D eigenvalue weighted by atomic mass is 10.1. The normalized spacial score (nSPS) is 11.9. The number of carbonyl (C=O) groups is 3. The number of aryl methyl sites for hydroxylation is 1. The lowest BCUT2D eigenvalue weighted by Gasteiger charge is -2.15. The Morgan fingerprint density at radius 2 is 1.56 bits per heavy atom. The van der Waals surface area contributed by atoms with Gasteiger partial charge < -0.3 is 16.0 Å². The van der Waals surface area contributed by atoms with Gasteiger partial charge in [0.15, 0.2) is 0 Å². The van der Waals surface area contributed by atoms with Crippen LogP contribution in [0.5, 0.6) is 0 Å². The molecule has 0 bridgehead atoms. The predicted octanol–water partition coefficient (Wildman–Crippen LogP) is 7.49. The molecule has 4 aromatic rings. The fourth-order valence-corrected chi connectivity index (χ4v) is 5.05. The van der Waals surface area contributed by atoms with E-state index in [-0.39, 0.29) is 16.9 Å². The van der Waals surface area contributed by atoms with Crippen LogP contribution in [0.4, 0.5) is 11.4 Å². The van der Waals surface area contributed by atoms with Crippen molar-refractivity contribution in [2.24, 2.45) is 0 Å². The number of halogens is 1. The Hall–Kier alpha value is -4.33. The maximum Gasteiger partial charge on any atom is 0.272 e. The summed E-state index contributed by atoms with van der Waals surface area (Å²) in [6.07, 6.45) is 1.57. The van der Waals surface area contributed by atoms with Gasteiger partial charge in [-0.1, -0.05) is 60.1 Å². The van der Waals surface area contributed by atoms with Gasteiger partial charge >= 0.3 is 0 Å². The van der Waals surface area contributed by atoms with Crippen molar-refractivity contribution in [3.05, 3.63) is 130 Å². The van der Waals surface area contributed by atoms with Crippen LogP contribution in [0.25, 0.3) is 6.08 Å². The largest absolute Gasteiger partial charge is 0.325 e. The van der Waals surface area contributed by atoms with Crippen molar-refractivity contribution in [2.75, 3.05) is 10.6 Å². The Morgan fingerprint density at radius 1 is 0.829 bits per heavy atom. The van der Waals surface area contributed by atoms with Crippen molar-refractivity contribution in [3.8, 4) is 0 Å². The van der Waals surface area contributed by atoms with Gasteiger partial charge in [0.05, 0.1) is 5.25 Å². The number of rotatable bonds is 9. The lowest BCUT2D eigenvalue weighted by molar-refractivity contribution is -0.115. The highest BCUT2D eigenvalue weighted by Gasteiger charge is 2.18. The van der Waals surface area contributed by atoms with E-state index in [1.165, 1.54) is 11.8 Å². The van der Waals surface area contributed by atoms with Gasteiger partial charge in [-0.2, -0.15) is 0 Å². The van der Waals surface area contributed by atoms with Crippen LogP contribution in [0.2, 0.25) is 5.02 Å². The van der Waals surface area contributed by atoms with Gasteiger partial charge in [-0.15, -0.1) is 11.8 Å². The van der Waals surface area contributed by atoms with Crippen LogP contribution >= 0.6 is 23.4 Å². The molecule has 4 aromatic carbocycles. The molecular weight excluding hydrogens is 554 g/mol. The molecule has 0 spiro atoms. The van der Waals surface area contributed by atoms with Crippen LogP contribution in [0.3, 0.4) is 0 Å². The number of thioether (sulfide) groups is 1. The molecule has 1 atom stereocenters. The molecule has 3 amide bonds. The van der Waals surface area contributed by atoms with Gasteiger partial charge in [0.1, 0.15) is 5.70 Å². The van der Waals surface area contributed by atoms with Crippen LogP contribution < -0.4 is 16.0 Å². The van der Waals surface area contributed by atoms with E-state index < -0.39 is 11.8 Å². The summed E-state index contributed by atoms with van der Waals surface area (Å²) in [4.78, 5) is 40.0. The third-order valence-electron chi connectivity index (χ3n) is 6.32. The molecular formula is C33H30ClN3O3S. The van der Waals surface area contributed by atoms with E-state index >= 15 is 0 Å². The minimum absolute atomic E-state index is 0.0560. The van der Waals surface area contributed by atoms with Crippen LogP contribution in [0.15, 0.2) is 108 Å². The Labute approximate surface area is 249 Å². The van der Waals surface area contributed by atoms with E-state index in [9.17, 15) is 14.4 Å². The molecule has 0 aliphatic rings. The Kier molecular flexibility index (Phi) is 10.0. The highest BCUT2D eigenvalue weighted by molar-refractivity contribution is 8.00. The van der Waals surface area contributed by atoms with Crippen molar-refractivity contribution in [1.82, 2.24) is 5.32 Å². The van der Waals surface area contributed by atoms with Crippen molar-refractivity contribution in [2.45, 2.75) is 30.9 Å². The van der Waals surface area contributed by atoms with Crippen molar-refractivity contribution >= 4 is 58.5 Å². The van der Waals surface area contributed by atoms with Gasteiger partial charge in [-0.3, -0.25) is 14.4 Å². The maximum absolute atomic E-state index is 13.4. The van der Waals surface area contributed by atoms with Crippen LogP contribution in [0.1, 0.15) is 34.0 Å². The molecule has 41 heavy (non-hydrogen) atoms. The third-order valence-corrected chi connectivity index (χ3v) is 7.65. The second-order valence-electron chi connectivity index (χ2n) is 9.41. The van der Waals surface area contributed by atoms with Crippen LogP contribution in [-0.2, 0) is 9.59 Å². The SMILES string of the molecule is Cc1cccc(NC(=O)C(C)Sc2cccc(NC(=O)/C(=C/c3cccc(Cl)c3)NC(=O)c3ccccc3)c2)c1C. The first-order chi connectivity index (χ1) is 19.7. The quantitative estimate of drug-likeness (QED) is 0.141. The van der Waals surface area contributed by atoms with E-state index in [0.29, 0.717) is 21.8 Å². The van der Waals surface area contributed by atoms with E-state index in [4.69, 9.17) is 11.6 Å². The van der Waals surface area contributed by atoms with Gasteiger partial charge in [0.25, 0.3) is 11.8 Å². The summed E-state index contributed by atoms with van der Waals surface area (Å²) in [5.41, 5.74) is 4.58. The molecule has 208 valence electrons. The Bertz CT molecular complexity index is 1600. The van der Waals surface area contributed by atoms with E-state index in [1.54, 1.807) is 72.8 Å². The zero-order valence-electron chi connectivity index (χ0n) is 22.9. The number of benzene rings is 4. The van der Waals surface area contributed by atoms with Crippen molar-refractivity contribution < 1.29 is 14.4 Å². The molecule has 1 unspecified atom stereocenters. The highest BCUT2D eigenvalue weighted by Crippen LogP contribution is 2.28. The zero-order chi connectivity index (χ0) is 29.4. The molecule has 0 aliphatic heterocycles. The Balaban J connectivity index is 1.48. The molecule has 6 nitrogen and oxygen atoms in total. The van der Waals surface area contributed by atoms with Crippen LogP contribution in [-0.4, -0.2) is 23.0 Å². The molecule has 0 saturated heterocycles. The summed E-state index contributed by atoms with van der Waals surface area (Å²) in [7, 11) is 0. The van der Waals surface area contributed by atoms with Gasteiger partial charge in [-0.25, -0.2) is 0 Å². The molecule has 0 aliphatic carbocycles. The molecule has 3 N–H and O–H groups in total. The first-order valence-corrected chi connectivity index (χ1v) is 14.2. The second kappa shape index (κ2) is 13.8. The van der Waals surface area contributed by atoms with Crippen molar-refractivity contribution in [1.29, 1.82) is 0 Å². The van der Waals surface area contributed by atoms with E-state index in [2.05, 4.69) is 16.0 Å². The smallest absolute Gasteiger partial charge is 0.272 e. The molecule has 0 radical (unpaired) electrons. The summed E-state index contributed by atoms with van der Waals surface area (Å²) >= 11 is 7.51. The number of carbonyl (C=O) groups excluding carboxylic acids is 3. The molecule has 0 aromatic heterocycles. The average molecular weight is 584 g/mol. The van der Waals surface area contributed by atoms with Gasteiger partial charge in [0.2, 0.25) is 5.91 Å². The zero-order valence-corrected chi connectivity index (χ0v) is 24.5. The third kappa shape index (κ3) is 8.33. The predicted molar refractivity (Wildman–Crippen MR) is 168 cm³/mol. The van der Waals surface area contributed by atoms with E-state index in [1.807, 2.05) is 51.1 Å². The summed E-state index contributed by atoms with van der Waals surface area (Å²) < 4.78 is 0. The molecule has 0 heterocycles. The molecule has 4 rings (SSSR count). The van der Waals surface area contributed by atoms with Gasteiger partial charge in [-0.05, 0) is 92.1 Å². The number of nitrogens with one attached hydrogen (secondary N) is 3.